The van der Waals surface area contributed by atoms with Crippen molar-refractivity contribution in [2.75, 3.05) is 21.2 Å². The Morgan fingerprint density at radius 1 is 1.44 bits per heavy atom. The van der Waals surface area contributed by atoms with E-state index in [9.17, 15) is 9.90 Å². The van der Waals surface area contributed by atoms with Crippen LogP contribution >= 0.6 is 0 Å². The first-order valence-electron chi connectivity index (χ1n) is 4.81. The molecule has 1 rings (SSSR count). The highest BCUT2D eigenvalue weighted by Crippen LogP contribution is 2.26. The first kappa shape index (κ1) is 12.1. The van der Waals surface area contributed by atoms with Crippen molar-refractivity contribution in [1.82, 2.24) is 4.90 Å². The molecular weight excluding hydrogens is 206 g/mol. The number of ether oxygens (including phenoxy) is 1. The number of rotatable bonds is 3. The molecule has 86 valence electrons. The van der Waals surface area contributed by atoms with E-state index >= 15 is 0 Å². The Kier molecular flexibility index (Phi) is 3.94. The normalized spacial score (nSPS) is 10.4. The summed E-state index contributed by atoms with van der Waals surface area (Å²) in [5, 5.41) is 9.38. The summed E-state index contributed by atoms with van der Waals surface area (Å²) >= 11 is 0. The van der Waals surface area contributed by atoms with Crippen LogP contribution in [0, 0.1) is 0 Å². The van der Waals surface area contributed by atoms with E-state index in [1.165, 1.54) is 24.2 Å². The number of hydrogen-bond donors (Lipinski definition) is 1. The zero-order valence-electron chi connectivity index (χ0n) is 9.60. The van der Waals surface area contributed by atoms with Gasteiger partial charge < -0.3 is 14.7 Å². The molecule has 1 aromatic carbocycles. The van der Waals surface area contributed by atoms with Crippen LogP contribution in [0.3, 0.4) is 0 Å². The molecule has 1 amide bonds. The lowest BCUT2D eigenvalue weighted by Crippen LogP contribution is -2.18. The van der Waals surface area contributed by atoms with Crippen molar-refractivity contribution in [2.24, 2.45) is 0 Å². The number of amides is 1. The summed E-state index contributed by atoms with van der Waals surface area (Å²) in [4.78, 5) is 12.8. The van der Waals surface area contributed by atoms with Crippen LogP contribution in [0.1, 0.15) is 5.56 Å². The molecule has 0 saturated heterocycles. The van der Waals surface area contributed by atoms with E-state index in [4.69, 9.17) is 4.74 Å². The fourth-order valence-corrected chi connectivity index (χ4v) is 1.11. The molecule has 0 atom stereocenters. The van der Waals surface area contributed by atoms with Crippen molar-refractivity contribution < 1.29 is 14.6 Å². The molecule has 0 spiro atoms. The molecule has 1 N–H and O–H groups in total. The van der Waals surface area contributed by atoms with Crippen molar-refractivity contribution in [3.8, 4) is 11.5 Å². The van der Waals surface area contributed by atoms with E-state index in [1.807, 2.05) is 0 Å². The average Bonchev–Trinajstić information content (AvgIpc) is 2.27. The molecule has 0 aliphatic carbocycles. The van der Waals surface area contributed by atoms with Crippen molar-refractivity contribution in [3.63, 3.8) is 0 Å². The van der Waals surface area contributed by atoms with Crippen molar-refractivity contribution in [1.29, 1.82) is 0 Å². The van der Waals surface area contributed by atoms with Crippen LogP contribution in [0.5, 0.6) is 11.5 Å². The summed E-state index contributed by atoms with van der Waals surface area (Å²) in [6, 6.07) is 4.89. The molecule has 16 heavy (non-hydrogen) atoms. The lowest BCUT2D eigenvalue weighted by molar-refractivity contribution is -0.123. The van der Waals surface area contributed by atoms with Crippen LogP contribution in [-0.2, 0) is 4.79 Å². The maximum atomic E-state index is 11.3. The number of hydrogen-bond acceptors (Lipinski definition) is 3. The fraction of sp³-hybridized carbons (Fsp3) is 0.250. The van der Waals surface area contributed by atoms with Crippen LogP contribution in [-0.4, -0.2) is 37.1 Å². The van der Waals surface area contributed by atoms with Gasteiger partial charge in [0.1, 0.15) is 0 Å². The number of phenols is 1. The van der Waals surface area contributed by atoms with E-state index in [0.29, 0.717) is 5.75 Å². The fourth-order valence-electron chi connectivity index (χ4n) is 1.11. The van der Waals surface area contributed by atoms with Gasteiger partial charge in [-0.15, -0.1) is 0 Å². The average molecular weight is 221 g/mol. The van der Waals surface area contributed by atoms with E-state index in [0.717, 1.165) is 5.56 Å². The Morgan fingerprint density at radius 3 is 2.69 bits per heavy atom. The van der Waals surface area contributed by atoms with Gasteiger partial charge in [0, 0.05) is 20.2 Å². The second-order valence-corrected chi connectivity index (χ2v) is 3.50. The van der Waals surface area contributed by atoms with Crippen LogP contribution in [0.15, 0.2) is 24.3 Å². The molecule has 0 bridgehead atoms. The van der Waals surface area contributed by atoms with Crippen LogP contribution in [0.2, 0.25) is 0 Å². The summed E-state index contributed by atoms with van der Waals surface area (Å²) in [6.07, 6.45) is 3.14. The molecule has 0 saturated carbocycles. The minimum atomic E-state index is -0.0907. The SMILES string of the molecule is COc1cc(/C=C/C(=O)N(C)C)ccc1O. The van der Waals surface area contributed by atoms with Gasteiger partial charge in [0.05, 0.1) is 7.11 Å². The molecule has 0 heterocycles. The predicted octanol–water partition coefficient (Wildman–Crippen LogP) is 1.50. The first-order valence-corrected chi connectivity index (χ1v) is 4.81. The molecule has 0 unspecified atom stereocenters. The van der Waals surface area contributed by atoms with Crippen molar-refractivity contribution >= 4 is 12.0 Å². The van der Waals surface area contributed by atoms with Crippen LogP contribution in [0.4, 0.5) is 0 Å². The largest absolute Gasteiger partial charge is 0.504 e. The van der Waals surface area contributed by atoms with Crippen LogP contribution < -0.4 is 4.74 Å². The third kappa shape index (κ3) is 3.02. The van der Waals surface area contributed by atoms with E-state index < -0.39 is 0 Å². The highest BCUT2D eigenvalue weighted by Gasteiger charge is 2.01. The summed E-state index contributed by atoms with van der Waals surface area (Å²) in [7, 11) is 4.85. The quantitative estimate of drug-likeness (QED) is 0.787. The molecule has 4 heteroatoms. The van der Waals surface area contributed by atoms with Gasteiger partial charge in [0.25, 0.3) is 0 Å². The standard InChI is InChI=1S/C12H15NO3/c1-13(2)12(15)7-5-9-4-6-10(14)11(8-9)16-3/h4-8,14H,1-3H3/b7-5+. The summed E-state index contributed by atoms with van der Waals surface area (Å²) in [5.41, 5.74) is 0.796. The van der Waals surface area contributed by atoms with Gasteiger partial charge >= 0.3 is 0 Å². The summed E-state index contributed by atoms with van der Waals surface area (Å²) in [6.45, 7) is 0. The molecule has 0 radical (unpaired) electrons. The zero-order valence-corrected chi connectivity index (χ0v) is 9.60. The number of aromatic hydroxyl groups is 1. The monoisotopic (exact) mass is 221 g/mol. The lowest BCUT2D eigenvalue weighted by atomic mass is 10.2. The second kappa shape index (κ2) is 5.21. The van der Waals surface area contributed by atoms with Gasteiger partial charge in [-0.1, -0.05) is 6.07 Å². The maximum absolute atomic E-state index is 11.3. The van der Waals surface area contributed by atoms with Gasteiger partial charge in [-0.05, 0) is 23.8 Å². The van der Waals surface area contributed by atoms with Crippen molar-refractivity contribution in [3.05, 3.63) is 29.8 Å². The molecule has 1 aromatic rings. The molecule has 0 aliphatic rings. The van der Waals surface area contributed by atoms with Gasteiger partial charge in [-0.3, -0.25) is 4.79 Å². The topological polar surface area (TPSA) is 49.8 Å². The zero-order chi connectivity index (χ0) is 12.1. The van der Waals surface area contributed by atoms with E-state index in [-0.39, 0.29) is 11.7 Å². The Balaban J connectivity index is 2.86. The number of methoxy groups -OCH3 is 1. The van der Waals surface area contributed by atoms with Gasteiger partial charge in [0.2, 0.25) is 5.91 Å². The minimum absolute atomic E-state index is 0.0820. The van der Waals surface area contributed by atoms with Gasteiger partial charge in [0.15, 0.2) is 11.5 Å². The number of benzene rings is 1. The Morgan fingerprint density at radius 2 is 2.12 bits per heavy atom. The Bertz CT molecular complexity index is 411. The lowest BCUT2D eigenvalue weighted by Gasteiger charge is -2.06. The van der Waals surface area contributed by atoms with Gasteiger partial charge in [-0.2, -0.15) is 0 Å². The third-order valence-corrected chi connectivity index (χ3v) is 2.06. The molecule has 4 nitrogen and oxygen atoms in total. The number of likely N-dealkylation sites (N-methyl/N-ethyl adjacent to an activating group) is 1. The molecule has 0 aromatic heterocycles. The molecule has 0 aliphatic heterocycles. The number of nitrogens with zero attached hydrogens (tertiary/aromatic N) is 1. The highest BCUT2D eigenvalue weighted by atomic mass is 16.5. The van der Waals surface area contributed by atoms with E-state index in [2.05, 4.69) is 0 Å². The highest BCUT2D eigenvalue weighted by molar-refractivity contribution is 5.91. The molecule has 0 fully saturated rings. The van der Waals surface area contributed by atoms with Crippen LogP contribution in [0.25, 0.3) is 6.08 Å². The minimum Gasteiger partial charge on any atom is -0.504 e. The Labute approximate surface area is 94.8 Å². The maximum Gasteiger partial charge on any atom is 0.246 e. The molecular formula is C12H15NO3. The summed E-state index contributed by atoms with van der Waals surface area (Å²) in [5.74, 6) is 0.380. The number of phenolic OH excluding ortho intramolecular Hbond substituents is 1. The van der Waals surface area contributed by atoms with Gasteiger partial charge in [-0.25, -0.2) is 0 Å². The van der Waals surface area contributed by atoms with E-state index in [1.54, 1.807) is 32.3 Å². The third-order valence-electron chi connectivity index (χ3n) is 2.06. The second-order valence-electron chi connectivity index (χ2n) is 3.50. The smallest absolute Gasteiger partial charge is 0.246 e. The number of carbonyl (C=O) groups excluding carboxylic acids is 1. The Hall–Kier alpha value is -1.97. The predicted molar refractivity (Wildman–Crippen MR) is 62.4 cm³/mol. The van der Waals surface area contributed by atoms with Crippen molar-refractivity contribution in [2.45, 2.75) is 0 Å². The number of carbonyl (C=O) groups is 1. The first-order chi connectivity index (χ1) is 7.54. The summed E-state index contributed by atoms with van der Waals surface area (Å²) < 4.78 is 4.96.